The number of amides is 3. The zero-order chi connectivity index (χ0) is 29.3. The van der Waals surface area contributed by atoms with Crippen molar-refractivity contribution in [2.24, 2.45) is 17.3 Å². The predicted molar refractivity (Wildman–Crippen MR) is 140 cm³/mol. The molecule has 0 aromatic carbocycles. The van der Waals surface area contributed by atoms with E-state index >= 15 is 0 Å². The van der Waals surface area contributed by atoms with Crippen molar-refractivity contribution >= 4 is 39.7 Å². The highest BCUT2D eigenvalue weighted by Gasteiger charge is 2.41. The third kappa shape index (κ3) is 9.63. The molecule has 1 fully saturated rings. The summed E-state index contributed by atoms with van der Waals surface area (Å²) in [6.07, 6.45) is -1.09. The molecule has 2 aromatic rings. The zero-order valence-corrected chi connectivity index (χ0v) is 23.9. The third-order valence-corrected chi connectivity index (χ3v) is 6.27. The van der Waals surface area contributed by atoms with Crippen LogP contribution in [0.4, 0.5) is 13.2 Å². The van der Waals surface area contributed by atoms with E-state index in [-0.39, 0.29) is 11.3 Å². The molecule has 0 radical (unpaired) electrons. The first-order valence-corrected chi connectivity index (χ1v) is 12.7. The van der Waals surface area contributed by atoms with Crippen LogP contribution < -0.4 is 10.6 Å². The number of nitrogens with one attached hydrogen (secondary N) is 2. The number of nitrogens with zero attached hydrogens (tertiary/aromatic N) is 4. The molecular weight excluding hydrogens is 569 g/mol. The first-order valence-electron chi connectivity index (χ1n) is 11.9. The maximum absolute atomic E-state index is 11.9. The molecule has 2 atom stereocenters. The molecule has 1 saturated heterocycles. The number of carbonyl (C=O) groups excluding carboxylic acids is 3. The van der Waals surface area contributed by atoms with Crippen molar-refractivity contribution in [3.63, 3.8) is 0 Å². The Labute approximate surface area is 228 Å². The molecule has 0 spiro atoms. The molecule has 0 bridgehead atoms. The van der Waals surface area contributed by atoms with Gasteiger partial charge in [-0.25, -0.2) is 4.52 Å². The van der Waals surface area contributed by atoms with E-state index in [9.17, 15) is 27.6 Å². The number of hydrogen-bond donors (Lipinski definition) is 2. The van der Waals surface area contributed by atoms with Crippen molar-refractivity contribution in [3.8, 4) is 6.07 Å². The molecule has 210 valence electrons. The Bertz CT molecular complexity index is 1140. The maximum Gasteiger partial charge on any atom is 0.471 e. The first-order chi connectivity index (χ1) is 17.5. The van der Waals surface area contributed by atoms with Crippen LogP contribution in [0.3, 0.4) is 0 Å². The summed E-state index contributed by atoms with van der Waals surface area (Å²) in [5, 5.41) is 17.1. The van der Waals surface area contributed by atoms with Crippen LogP contribution >= 0.6 is 15.9 Å². The van der Waals surface area contributed by atoms with Crippen molar-refractivity contribution < 1.29 is 27.6 Å². The topological polar surface area (TPSA) is 120 Å². The summed E-state index contributed by atoms with van der Waals surface area (Å²) in [5.41, 5.74) is 1.40. The molecule has 13 heteroatoms. The summed E-state index contributed by atoms with van der Waals surface area (Å²) in [7, 11) is 0. The summed E-state index contributed by atoms with van der Waals surface area (Å²) in [5.74, 6) is -1.45. The van der Waals surface area contributed by atoms with E-state index in [0.717, 1.165) is 15.9 Å². The number of aromatic nitrogens is 2. The van der Waals surface area contributed by atoms with Crippen LogP contribution in [-0.4, -0.2) is 58.5 Å². The second kappa shape index (κ2) is 14.1. The summed E-state index contributed by atoms with van der Waals surface area (Å²) in [6.45, 7) is 12.9. The summed E-state index contributed by atoms with van der Waals surface area (Å²) in [4.78, 5) is 34.1. The zero-order valence-electron chi connectivity index (χ0n) is 22.3. The monoisotopic (exact) mass is 602 g/mol. The molecule has 9 nitrogen and oxygen atoms in total. The predicted octanol–water partition coefficient (Wildman–Crippen LogP) is 4.24. The standard InChI is InChI=1S/C11H17F3N2O2.C10H7BrN4O.C4H10/c1-7-5-16(6-10(7,2)3)8(17)4-15-9(18)11(12,13)14;11-8-2-1-3-15-10(8)7(5-14-15)9(4-12)13-6-16;1-4(2)3/h7H,4-6H2,1-3H3,(H,15,18);1-3,5-6,9H,(H,13,16);4H,1-3H3/t7-;;/m0../s1. The minimum absolute atomic E-state index is 0.0519. The number of nitriles is 1. The van der Waals surface area contributed by atoms with Crippen LogP contribution in [0.1, 0.15) is 53.1 Å². The highest BCUT2D eigenvalue weighted by atomic mass is 79.9. The molecule has 3 amide bonds. The van der Waals surface area contributed by atoms with Crippen LogP contribution in [0.5, 0.6) is 0 Å². The lowest BCUT2D eigenvalue weighted by atomic mass is 9.84. The van der Waals surface area contributed by atoms with Crippen LogP contribution in [0.2, 0.25) is 0 Å². The molecular formula is C25H34BrF3N6O3. The number of carbonyl (C=O) groups is 3. The smallest absolute Gasteiger partial charge is 0.340 e. The van der Waals surface area contributed by atoms with E-state index in [1.165, 1.54) is 4.90 Å². The van der Waals surface area contributed by atoms with Gasteiger partial charge in [-0.1, -0.05) is 41.5 Å². The molecule has 1 aliphatic rings. The summed E-state index contributed by atoms with van der Waals surface area (Å²) in [6, 6.07) is 5.01. The molecule has 2 aromatic heterocycles. The molecule has 0 saturated carbocycles. The average Bonchev–Trinajstić information content (AvgIpc) is 3.36. The lowest BCUT2D eigenvalue weighted by molar-refractivity contribution is -0.174. The fourth-order valence-electron chi connectivity index (χ4n) is 3.35. The quantitative estimate of drug-likeness (QED) is 0.496. The van der Waals surface area contributed by atoms with Crippen molar-refractivity contribution in [1.29, 1.82) is 5.26 Å². The number of alkyl halides is 3. The normalized spacial score (nSPS) is 16.9. The Morgan fingerprint density at radius 2 is 1.95 bits per heavy atom. The van der Waals surface area contributed by atoms with Crippen molar-refractivity contribution in [2.45, 2.75) is 53.8 Å². The van der Waals surface area contributed by atoms with Crippen LogP contribution in [0.15, 0.2) is 29.0 Å². The van der Waals surface area contributed by atoms with Crippen LogP contribution in [0, 0.1) is 28.6 Å². The van der Waals surface area contributed by atoms with Gasteiger partial charge in [0, 0.05) is 29.3 Å². The van der Waals surface area contributed by atoms with Crippen molar-refractivity contribution in [3.05, 3.63) is 34.6 Å². The van der Waals surface area contributed by atoms with Crippen LogP contribution in [-0.2, 0) is 14.4 Å². The van der Waals surface area contributed by atoms with Gasteiger partial charge in [0.2, 0.25) is 12.3 Å². The van der Waals surface area contributed by atoms with E-state index < -0.39 is 30.6 Å². The molecule has 3 rings (SSSR count). The van der Waals surface area contributed by atoms with Gasteiger partial charge in [-0.2, -0.15) is 23.5 Å². The number of pyridine rings is 1. The van der Waals surface area contributed by atoms with E-state index in [1.54, 1.807) is 22.2 Å². The molecule has 2 N–H and O–H groups in total. The SMILES string of the molecule is CC(C)C.C[C@H]1CN(C(=O)CNC(=O)C(F)(F)F)CC1(C)C.N#CC(NC=O)c1cnn2cccc(Br)c12. The number of hydrogen-bond acceptors (Lipinski definition) is 5. The maximum atomic E-state index is 11.9. The minimum Gasteiger partial charge on any atom is -0.340 e. The number of likely N-dealkylation sites (tertiary alicyclic amines) is 1. The van der Waals surface area contributed by atoms with E-state index in [4.69, 9.17) is 5.26 Å². The average molecular weight is 603 g/mol. The van der Waals surface area contributed by atoms with Gasteiger partial charge in [-0.05, 0) is 45.3 Å². The number of rotatable bonds is 5. The Morgan fingerprint density at radius 3 is 2.42 bits per heavy atom. The fraction of sp³-hybridized carbons (Fsp3) is 0.560. The summed E-state index contributed by atoms with van der Waals surface area (Å²) < 4.78 is 38.3. The fourth-order valence-corrected chi connectivity index (χ4v) is 3.91. The molecule has 38 heavy (non-hydrogen) atoms. The Kier molecular flexibility index (Phi) is 12.2. The van der Waals surface area contributed by atoms with Gasteiger partial charge in [0.15, 0.2) is 0 Å². The van der Waals surface area contributed by atoms with Gasteiger partial charge in [-0.15, -0.1) is 0 Å². The van der Waals surface area contributed by atoms with E-state index in [2.05, 4.69) is 47.1 Å². The van der Waals surface area contributed by atoms with Crippen molar-refractivity contribution in [2.75, 3.05) is 19.6 Å². The second-order valence-corrected chi connectivity index (χ2v) is 11.0. The number of fused-ring (bicyclic) bond motifs is 1. The van der Waals surface area contributed by atoms with Gasteiger partial charge < -0.3 is 15.5 Å². The second-order valence-electron chi connectivity index (χ2n) is 10.2. The summed E-state index contributed by atoms with van der Waals surface area (Å²) >= 11 is 3.39. The van der Waals surface area contributed by atoms with Gasteiger partial charge in [0.05, 0.1) is 24.3 Å². The van der Waals surface area contributed by atoms with Gasteiger partial charge >= 0.3 is 12.1 Å². The molecule has 0 aliphatic carbocycles. The Balaban J connectivity index is 0.000000335. The molecule has 1 aliphatic heterocycles. The van der Waals surface area contributed by atoms with Gasteiger partial charge in [-0.3, -0.25) is 14.4 Å². The van der Waals surface area contributed by atoms with E-state index in [0.29, 0.717) is 25.1 Å². The lowest BCUT2D eigenvalue weighted by Crippen LogP contribution is -2.44. The van der Waals surface area contributed by atoms with Crippen LogP contribution in [0.25, 0.3) is 5.52 Å². The van der Waals surface area contributed by atoms with Crippen molar-refractivity contribution in [1.82, 2.24) is 25.1 Å². The largest absolute Gasteiger partial charge is 0.471 e. The van der Waals surface area contributed by atoms with Gasteiger partial charge in [0.1, 0.15) is 6.04 Å². The number of halogens is 4. The third-order valence-electron chi connectivity index (χ3n) is 5.63. The highest BCUT2D eigenvalue weighted by molar-refractivity contribution is 9.10. The minimum atomic E-state index is -4.95. The lowest BCUT2D eigenvalue weighted by Gasteiger charge is -2.22. The Morgan fingerprint density at radius 1 is 1.34 bits per heavy atom. The van der Waals surface area contributed by atoms with Gasteiger partial charge in [0.25, 0.3) is 0 Å². The Hall–Kier alpha value is -3.14. The molecule has 1 unspecified atom stereocenters. The van der Waals surface area contributed by atoms with E-state index in [1.807, 2.05) is 39.0 Å². The first kappa shape index (κ1) is 32.9. The highest BCUT2D eigenvalue weighted by Crippen LogP contribution is 2.34. The molecule has 3 heterocycles.